The molecular weight excluding hydrogens is 200 g/mol. The van der Waals surface area contributed by atoms with Crippen molar-refractivity contribution >= 4 is 26.5 Å². The summed E-state index contributed by atoms with van der Waals surface area (Å²) in [6, 6.07) is 9.01. The maximum atomic E-state index is 4.40. The predicted molar refractivity (Wildman–Crippen MR) is 69.8 cm³/mol. The minimum atomic E-state index is -1.33. The highest BCUT2D eigenvalue weighted by atomic mass is 28.4. The van der Waals surface area contributed by atoms with E-state index in [4.69, 9.17) is 0 Å². The average molecular weight is 218 g/mol. The van der Waals surface area contributed by atoms with E-state index in [-0.39, 0.29) is 0 Å². The van der Waals surface area contributed by atoms with Gasteiger partial charge in [0.25, 0.3) is 0 Å². The van der Waals surface area contributed by atoms with Crippen LogP contribution >= 0.6 is 0 Å². The maximum absolute atomic E-state index is 4.40. The van der Waals surface area contributed by atoms with E-state index < -0.39 is 16.1 Å². The van der Waals surface area contributed by atoms with E-state index in [9.17, 15) is 0 Å². The third kappa shape index (κ3) is 1.04. The molecule has 14 heavy (non-hydrogen) atoms. The van der Waals surface area contributed by atoms with E-state index >= 15 is 0 Å². The molecule has 0 radical (unpaired) electrons. The van der Waals surface area contributed by atoms with Crippen molar-refractivity contribution in [3.63, 3.8) is 0 Å². The van der Waals surface area contributed by atoms with Crippen LogP contribution in [0.2, 0.25) is 26.2 Å². The van der Waals surface area contributed by atoms with E-state index in [1.807, 2.05) is 0 Å². The first kappa shape index (κ1) is 9.93. The summed E-state index contributed by atoms with van der Waals surface area (Å²) in [4.78, 5) is 1.60. The zero-order chi connectivity index (χ0) is 10.6. The van der Waals surface area contributed by atoms with Crippen LogP contribution in [0.4, 0.5) is 0 Å². The van der Waals surface area contributed by atoms with Gasteiger partial charge in [0, 0.05) is 0 Å². The van der Waals surface area contributed by atoms with Crippen LogP contribution in [0.25, 0.3) is 0 Å². The molecule has 0 fully saturated rings. The molecule has 2 rings (SSSR count). The topological polar surface area (TPSA) is 0 Å². The fourth-order valence-electron chi connectivity index (χ4n) is 2.68. The van der Waals surface area contributed by atoms with Gasteiger partial charge in [-0.2, -0.15) is 0 Å². The predicted octanol–water partition coefficient (Wildman–Crippen LogP) is 2.17. The lowest BCUT2D eigenvalue weighted by atomic mass is 10.4. The molecular formula is C12H18Si2. The molecule has 0 saturated carbocycles. The van der Waals surface area contributed by atoms with Crippen molar-refractivity contribution in [3.05, 3.63) is 35.7 Å². The average Bonchev–Trinajstić information content (AvgIpc) is 2.28. The molecule has 1 aromatic rings. The van der Waals surface area contributed by atoms with Gasteiger partial charge in [-0.25, -0.2) is 0 Å². The fraction of sp³-hybridized carbons (Fsp3) is 0.333. The summed E-state index contributed by atoms with van der Waals surface area (Å²) in [7, 11) is -2.66. The number of hydrogen-bond acceptors (Lipinski definition) is 0. The van der Waals surface area contributed by atoms with E-state index in [1.54, 1.807) is 15.2 Å². The highest BCUT2D eigenvalue weighted by Gasteiger charge is 2.47. The summed E-state index contributed by atoms with van der Waals surface area (Å²) in [6.07, 6.45) is 0. The van der Waals surface area contributed by atoms with Crippen molar-refractivity contribution in [1.29, 1.82) is 0 Å². The zero-order valence-corrected chi connectivity index (χ0v) is 11.5. The molecule has 0 N–H and O–H groups in total. The first-order chi connectivity index (χ1) is 6.38. The third-order valence-electron chi connectivity index (χ3n) is 3.78. The molecule has 0 spiro atoms. The van der Waals surface area contributed by atoms with Gasteiger partial charge in [0.1, 0.15) is 16.1 Å². The van der Waals surface area contributed by atoms with Crippen LogP contribution in [0.5, 0.6) is 0 Å². The quantitative estimate of drug-likeness (QED) is 0.586. The second kappa shape index (κ2) is 2.70. The molecule has 0 atom stereocenters. The van der Waals surface area contributed by atoms with Crippen LogP contribution in [0, 0.1) is 0 Å². The molecule has 0 amide bonds. The summed E-state index contributed by atoms with van der Waals surface area (Å²) in [5.74, 6) is 0. The van der Waals surface area contributed by atoms with Gasteiger partial charge in [-0.1, -0.05) is 65.6 Å². The van der Waals surface area contributed by atoms with Gasteiger partial charge < -0.3 is 0 Å². The molecule has 1 heterocycles. The molecule has 0 unspecified atom stereocenters. The molecule has 0 saturated heterocycles. The second-order valence-electron chi connectivity index (χ2n) is 5.27. The lowest BCUT2D eigenvalue weighted by molar-refractivity contribution is 1.76. The molecule has 0 bridgehead atoms. The van der Waals surface area contributed by atoms with Crippen molar-refractivity contribution in [1.82, 2.24) is 0 Å². The van der Waals surface area contributed by atoms with E-state index in [1.165, 1.54) is 0 Å². The van der Waals surface area contributed by atoms with Crippen molar-refractivity contribution in [2.24, 2.45) is 0 Å². The largest absolute Gasteiger partial charge is 0.107 e. The Morgan fingerprint density at radius 1 is 0.857 bits per heavy atom. The van der Waals surface area contributed by atoms with Crippen LogP contribution < -0.4 is 10.4 Å². The Morgan fingerprint density at radius 3 is 1.57 bits per heavy atom. The van der Waals surface area contributed by atoms with E-state index in [2.05, 4.69) is 57.0 Å². The van der Waals surface area contributed by atoms with Gasteiger partial charge in [0.05, 0.1) is 0 Å². The summed E-state index contributed by atoms with van der Waals surface area (Å²) in [6.45, 7) is 14.2. The number of rotatable bonds is 0. The summed E-state index contributed by atoms with van der Waals surface area (Å²) in [5.41, 5.74) is 0. The Morgan fingerprint density at radius 2 is 1.21 bits per heavy atom. The summed E-state index contributed by atoms with van der Waals surface area (Å²) >= 11 is 0. The molecule has 1 aliphatic heterocycles. The van der Waals surface area contributed by atoms with Gasteiger partial charge in [-0.15, -0.1) is 6.58 Å². The molecule has 1 aromatic carbocycles. The van der Waals surface area contributed by atoms with Crippen LogP contribution in [-0.2, 0) is 0 Å². The van der Waals surface area contributed by atoms with Crippen LogP contribution in [0.1, 0.15) is 0 Å². The van der Waals surface area contributed by atoms with Crippen molar-refractivity contribution in [3.8, 4) is 0 Å². The van der Waals surface area contributed by atoms with Gasteiger partial charge in [-0.05, 0) is 0 Å². The molecule has 0 aromatic heterocycles. The Balaban J connectivity index is 2.76. The number of fused-ring (bicyclic) bond motifs is 1. The van der Waals surface area contributed by atoms with E-state index in [0.29, 0.717) is 0 Å². The first-order valence-electron chi connectivity index (χ1n) is 5.18. The smallest absolute Gasteiger partial charge is 0.103 e. The Bertz CT molecular complexity index is 366. The molecule has 0 nitrogen and oxygen atoms in total. The number of benzene rings is 1. The Hall–Kier alpha value is -0.606. The highest BCUT2D eigenvalue weighted by molar-refractivity contribution is 7.22. The lowest BCUT2D eigenvalue weighted by Crippen LogP contribution is -2.43. The van der Waals surface area contributed by atoms with Crippen molar-refractivity contribution < 1.29 is 0 Å². The van der Waals surface area contributed by atoms with Gasteiger partial charge in [0.15, 0.2) is 0 Å². The standard InChI is InChI=1S/C12H18Si2/c1-10-13(2,3)11-8-6-7-9-12(11)14(10,4)5/h6-9H,1H2,2-5H3. The van der Waals surface area contributed by atoms with Crippen LogP contribution in [0.3, 0.4) is 0 Å². The van der Waals surface area contributed by atoms with E-state index in [0.717, 1.165) is 0 Å². The zero-order valence-electron chi connectivity index (χ0n) is 9.52. The lowest BCUT2D eigenvalue weighted by Gasteiger charge is -2.24. The van der Waals surface area contributed by atoms with Crippen LogP contribution in [0.15, 0.2) is 35.7 Å². The summed E-state index contributed by atoms with van der Waals surface area (Å²) in [5, 5.41) is 3.28. The van der Waals surface area contributed by atoms with Crippen LogP contribution in [-0.4, -0.2) is 16.1 Å². The van der Waals surface area contributed by atoms with Gasteiger partial charge in [0.2, 0.25) is 0 Å². The molecule has 0 aliphatic carbocycles. The molecule has 2 heteroatoms. The minimum absolute atomic E-state index is 1.33. The third-order valence-corrected chi connectivity index (χ3v) is 14.4. The fourth-order valence-corrected chi connectivity index (χ4v) is 14.8. The minimum Gasteiger partial charge on any atom is -0.107 e. The normalized spacial score (nSPS) is 22.1. The van der Waals surface area contributed by atoms with Crippen molar-refractivity contribution in [2.45, 2.75) is 26.2 Å². The molecule has 74 valence electrons. The SMILES string of the molecule is C=C1[Si](C)(C)c2ccccc2[Si]1(C)C. The van der Waals surface area contributed by atoms with Gasteiger partial charge >= 0.3 is 0 Å². The molecule has 1 aliphatic rings. The Labute approximate surface area is 88.7 Å². The number of hydrogen-bond donors (Lipinski definition) is 0. The maximum Gasteiger partial charge on any atom is 0.103 e. The van der Waals surface area contributed by atoms with Crippen molar-refractivity contribution in [2.75, 3.05) is 0 Å². The monoisotopic (exact) mass is 218 g/mol. The first-order valence-corrected chi connectivity index (χ1v) is 11.2. The van der Waals surface area contributed by atoms with Gasteiger partial charge in [-0.3, -0.25) is 0 Å². The Kier molecular flexibility index (Phi) is 1.92. The summed E-state index contributed by atoms with van der Waals surface area (Å²) < 4.78 is 0. The highest BCUT2D eigenvalue weighted by Crippen LogP contribution is 2.29. The second-order valence-corrected chi connectivity index (χ2v) is 14.6.